The van der Waals surface area contributed by atoms with E-state index in [9.17, 15) is 5.11 Å². The molecular formula is C14H21N3O. The highest BCUT2D eigenvalue weighted by atomic mass is 16.3. The van der Waals surface area contributed by atoms with E-state index in [-0.39, 0.29) is 0 Å². The third kappa shape index (κ3) is 2.54. The Hall–Kier alpha value is -1.39. The fourth-order valence-corrected chi connectivity index (χ4v) is 2.12. The lowest BCUT2D eigenvalue weighted by molar-refractivity contribution is 0.168. The van der Waals surface area contributed by atoms with Crippen LogP contribution in [0.5, 0.6) is 0 Å². The van der Waals surface area contributed by atoms with Gasteiger partial charge >= 0.3 is 0 Å². The summed E-state index contributed by atoms with van der Waals surface area (Å²) in [5.74, 6) is 0. The molecule has 0 amide bonds. The van der Waals surface area contributed by atoms with Crippen LogP contribution in [0.3, 0.4) is 0 Å². The Kier molecular flexibility index (Phi) is 3.99. The van der Waals surface area contributed by atoms with Gasteiger partial charge in [-0.25, -0.2) is 4.98 Å². The van der Waals surface area contributed by atoms with Crippen molar-refractivity contribution in [1.29, 1.82) is 0 Å². The summed E-state index contributed by atoms with van der Waals surface area (Å²) in [6, 6.07) is 6.41. The van der Waals surface area contributed by atoms with Crippen molar-refractivity contribution >= 4 is 11.0 Å². The van der Waals surface area contributed by atoms with E-state index in [0.29, 0.717) is 12.5 Å². The minimum atomic E-state index is -0.425. The molecule has 2 N–H and O–H groups in total. The monoisotopic (exact) mass is 247 g/mol. The van der Waals surface area contributed by atoms with Gasteiger partial charge in [-0.1, -0.05) is 6.07 Å². The molecule has 4 nitrogen and oxygen atoms in total. The summed E-state index contributed by atoms with van der Waals surface area (Å²) in [7, 11) is 1.89. The van der Waals surface area contributed by atoms with Crippen molar-refractivity contribution < 1.29 is 5.11 Å². The zero-order valence-corrected chi connectivity index (χ0v) is 11.2. The van der Waals surface area contributed by atoms with Crippen molar-refractivity contribution in [3.63, 3.8) is 0 Å². The number of rotatable bonds is 5. The van der Waals surface area contributed by atoms with Gasteiger partial charge in [0.25, 0.3) is 0 Å². The Morgan fingerprint density at radius 2 is 2.17 bits per heavy atom. The average Bonchev–Trinajstić information content (AvgIpc) is 2.78. The highest BCUT2D eigenvalue weighted by Gasteiger charge is 2.10. The smallest absolute Gasteiger partial charge is 0.0960 e. The summed E-state index contributed by atoms with van der Waals surface area (Å²) in [5.41, 5.74) is 3.01. The van der Waals surface area contributed by atoms with Gasteiger partial charge in [0, 0.05) is 6.04 Å². The van der Waals surface area contributed by atoms with Crippen LogP contribution in [-0.2, 0) is 0 Å². The van der Waals surface area contributed by atoms with Crippen LogP contribution in [0.25, 0.3) is 11.0 Å². The second kappa shape index (κ2) is 5.50. The van der Waals surface area contributed by atoms with Crippen molar-refractivity contribution in [3.8, 4) is 0 Å². The minimum absolute atomic E-state index is 0.398. The molecule has 1 aromatic heterocycles. The molecule has 1 aromatic carbocycles. The normalized spacial score (nSPS) is 13.4. The standard InChI is InChI=1S/C14H21N3O/c1-10(2)17-9-16-12-8-11(4-5-13(12)17)14(18)6-7-15-3/h4-5,8-10,14-15,18H,6-7H2,1-3H3. The third-order valence-electron chi connectivity index (χ3n) is 3.21. The molecule has 2 rings (SSSR count). The Bertz CT molecular complexity index is 519. The first-order valence-corrected chi connectivity index (χ1v) is 6.42. The fourth-order valence-electron chi connectivity index (χ4n) is 2.12. The highest BCUT2D eigenvalue weighted by molar-refractivity contribution is 5.76. The SMILES string of the molecule is CNCCC(O)c1ccc2c(c1)ncn2C(C)C. The number of hydrogen-bond acceptors (Lipinski definition) is 3. The van der Waals surface area contributed by atoms with Gasteiger partial charge < -0.3 is 15.0 Å². The van der Waals surface area contributed by atoms with E-state index in [4.69, 9.17) is 0 Å². The molecule has 0 aliphatic heterocycles. The number of benzene rings is 1. The quantitative estimate of drug-likeness (QED) is 0.852. The largest absolute Gasteiger partial charge is 0.388 e. The number of nitrogens with one attached hydrogen (secondary N) is 1. The van der Waals surface area contributed by atoms with Crippen LogP contribution in [0, 0.1) is 0 Å². The summed E-state index contributed by atoms with van der Waals surface area (Å²) < 4.78 is 2.14. The van der Waals surface area contributed by atoms with E-state index in [1.54, 1.807) is 0 Å². The van der Waals surface area contributed by atoms with Crippen LogP contribution >= 0.6 is 0 Å². The molecule has 1 atom stereocenters. The Balaban J connectivity index is 2.28. The number of aliphatic hydroxyl groups excluding tert-OH is 1. The number of aliphatic hydroxyl groups is 1. The summed E-state index contributed by atoms with van der Waals surface area (Å²) in [4.78, 5) is 4.40. The van der Waals surface area contributed by atoms with E-state index >= 15 is 0 Å². The molecule has 0 aliphatic rings. The Morgan fingerprint density at radius 3 is 2.83 bits per heavy atom. The molecule has 18 heavy (non-hydrogen) atoms. The molecule has 1 unspecified atom stereocenters. The zero-order chi connectivity index (χ0) is 13.1. The highest BCUT2D eigenvalue weighted by Crippen LogP contribution is 2.23. The Morgan fingerprint density at radius 1 is 1.39 bits per heavy atom. The van der Waals surface area contributed by atoms with E-state index in [1.807, 2.05) is 31.6 Å². The van der Waals surface area contributed by atoms with Crippen LogP contribution in [0.2, 0.25) is 0 Å². The molecular weight excluding hydrogens is 226 g/mol. The van der Waals surface area contributed by atoms with Crippen molar-refractivity contribution in [2.75, 3.05) is 13.6 Å². The lowest BCUT2D eigenvalue weighted by Crippen LogP contribution is -2.11. The van der Waals surface area contributed by atoms with Gasteiger partial charge in [0.1, 0.15) is 0 Å². The van der Waals surface area contributed by atoms with Crippen LogP contribution in [0.15, 0.2) is 24.5 Å². The number of aromatic nitrogens is 2. The molecule has 0 saturated carbocycles. The first-order chi connectivity index (χ1) is 8.63. The maximum atomic E-state index is 10.1. The second-order valence-electron chi connectivity index (χ2n) is 4.90. The zero-order valence-electron chi connectivity index (χ0n) is 11.2. The molecule has 0 aliphatic carbocycles. The van der Waals surface area contributed by atoms with Crippen molar-refractivity contribution in [3.05, 3.63) is 30.1 Å². The minimum Gasteiger partial charge on any atom is -0.388 e. The predicted molar refractivity (Wildman–Crippen MR) is 73.6 cm³/mol. The number of hydrogen-bond donors (Lipinski definition) is 2. The summed E-state index contributed by atoms with van der Waals surface area (Å²) >= 11 is 0. The topological polar surface area (TPSA) is 50.1 Å². The van der Waals surface area contributed by atoms with Gasteiger partial charge in [-0.2, -0.15) is 0 Å². The number of imidazole rings is 1. The Labute approximate surface area is 108 Å². The summed E-state index contributed by atoms with van der Waals surface area (Å²) in [6.07, 6.45) is 2.15. The number of fused-ring (bicyclic) bond motifs is 1. The maximum Gasteiger partial charge on any atom is 0.0960 e. The van der Waals surface area contributed by atoms with E-state index in [0.717, 1.165) is 23.1 Å². The third-order valence-corrected chi connectivity index (χ3v) is 3.21. The van der Waals surface area contributed by atoms with Crippen LogP contribution in [0.4, 0.5) is 0 Å². The predicted octanol–water partition coefficient (Wildman–Crippen LogP) is 2.26. The maximum absolute atomic E-state index is 10.1. The van der Waals surface area contributed by atoms with E-state index in [2.05, 4.69) is 28.7 Å². The average molecular weight is 247 g/mol. The van der Waals surface area contributed by atoms with Crippen molar-refractivity contribution in [2.24, 2.45) is 0 Å². The molecule has 0 bridgehead atoms. The lowest BCUT2D eigenvalue weighted by Gasteiger charge is -2.11. The van der Waals surface area contributed by atoms with Crippen molar-refractivity contribution in [1.82, 2.24) is 14.9 Å². The van der Waals surface area contributed by atoms with Crippen molar-refractivity contribution in [2.45, 2.75) is 32.4 Å². The number of nitrogens with zero attached hydrogens (tertiary/aromatic N) is 2. The first-order valence-electron chi connectivity index (χ1n) is 6.42. The molecule has 0 saturated heterocycles. The van der Waals surface area contributed by atoms with Gasteiger partial charge in [0.2, 0.25) is 0 Å². The molecule has 0 fully saturated rings. The van der Waals surface area contributed by atoms with Gasteiger partial charge in [-0.3, -0.25) is 0 Å². The van der Waals surface area contributed by atoms with Crippen LogP contribution < -0.4 is 5.32 Å². The van der Waals surface area contributed by atoms with Gasteiger partial charge in [-0.05, 0) is 51.6 Å². The van der Waals surface area contributed by atoms with Crippen LogP contribution in [0.1, 0.15) is 38.0 Å². The molecule has 0 radical (unpaired) electrons. The molecule has 0 spiro atoms. The van der Waals surface area contributed by atoms with Gasteiger partial charge in [0.15, 0.2) is 0 Å². The van der Waals surface area contributed by atoms with E-state index < -0.39 is 6.10 Å². The molecule has 1 heterocycles. The summed E-state index contributed by atoms with van der Waals surface area (Å²) in [5, 5.41) is 13.1. The van der Waals surface area contributed by atoms with Gasteiger partial charge in [0.05, 0.1) is 23.5 Å². The van der Waals surface area contributed by atoms with Crippen LogP contribution in [-0.4, -0.2) is 28.3 Å². The van der Waals surface area contributed by atoms with Gasteiger partial charge in [-0.15, -0.1) is 0 Å². The van der Waals surface area contributed by atoms with E-state index in [1.165, 1.54) is 0 Å². The second-order valence-corrected chi connectivity index (χ2v) is 4.90. The summed E-state index contributed by atoms with van der Waals surface area (Å²) in [6.45, 7) is 5.08. The molecule has 4 heteroatoms. The molecule has 98 valence electrons. The first kappa shape index (κ1) is 13.1. The fraction of sp³-hybridized carbons (Fsp3) is 0.500. The molecule has 2 aromatic rings. The lowest BCUT2D eigenvalue weighted by atomic mass is 10.1.